The van der Waals surface area contributed by atoms with Gasteiger partial charge in [-0.1, -0.05) is 66.7 Å². The fourth-order valence-electron chi connectivity index (χ4n) is 5.24. The van der Waals surface area contributed by atoms with Gasteiger partial charge in [0.25, 0.3) is 5.91 Å². The molecule has 9 nitrogen and oxygen atoms in total. The van der Waals surface area contributed by atoms with E-state index in [4.69, 9.17) is 0 Å². The van der Waals surface area contributed by atoms with Gasteiger partial charge < -0.3 is 9.88 Å². The molecule has 1 aliphatic heterocycles. The van der Waals surface area contributed by atoms with E-state index in [0.717, 1.165) is 39.5 Å². The van der Waals surface area contributed by atoms with Gasteiger partial charge in [-0.3, -0.25) is 9.69 Å². The summed E-state index contributed by atoms with van der Waals surface area (Å²) in [6.07, 6.45) is 5.71. The van der Waals surface area contributed by atoms with Crippen molar-refractivity contribution in [3.05, 3.63) is 102 Å². The first kappa shape index (κ1) is 26.6. The van der Waals surface area contributed by atoms with Crippen molar-refractivity contribution in [3.63, 3.8) is 0 Å². The standard InChI is InChI=1S/C29H31N5O4S/c1-29(25-14-7-12-21-9-5-6-13-24(21)25)27(35)33(18-8-15-26-30-16-17-31-26)28(36)34(29)20-23-11-4-3-10-22(23)19-32-39(2,37)38/h3-7,9-14,16-17,32H,8,15,18-20H2,1-2H3,(H,30,31). The Morgan fingerprint density at radius 2 is 1.69 bits per heavy atom. The molecule has 39 heavy (non-hydrogen) atoms. The number of hydrogen-bond acceptors (Lipinski definition) is 5. The van der Waals surface area contributed by atoms with E-state index < -0.39 is 15.6 Å². The Labute approximate surface area is 227 Å². The number of nitrogens with one attached hydrogen (secondary N) is 2. The van der Waals surface area contributed by atoms with Crippen LogP contribution in [0.5, 0.6) is 0 Å². The zero-order valence-corrected chi connectivity index (χ0v) is 22.7. The quantitative estimate of drug-likeness (QED) is 0.293. The van der Waals surface area contributed by atoms with Gasteiger partial charge in [-0.05, 0) is 40.8 Å². The average molecular weight is 546 g/mol. The van der Waals surface area contributed by atoms with E-state index in [2.05, 4.69) is 14.7 Å². The molecule has 2 heterocycles. The van der Waals surface area contributed by atoms with E-state index in [0.29, 0.717) is 12.8 Å². The Morgan fingerprint density at radius 1 is 0.974 bits per heavy atom. The number of imide groups is 1. The Bertz CT molecular complexity index is 1610. The number of amides is 3. The van der Waals surface area contributed by atoms with Gasteiger partial charge in [0.1, 0.15) is 11.4 Å². The second kappa shape index (κ2) is 10.6. The number of rotatable bonds is 10. The molecule has 0 saturated carbocycles. The summed E-state index contributed by atoms with van der Waals surface area (Å²) in [5.74, 6) is 0.519. The minimum absolute atomic E-state index is 0.0861. The fraction of sp³-hybridized carbons (Fsp3) is 0.276. The third-order valence-electron chi connectivity index (χ3n) is 7.30. The lowest BCUT2D eigenvalue weighted by molar-refractivity contribution is -0.133. The van der Waals surface area contributed by atoms with Crippen LogP contribution in [0.1, 0.15) is 35.9 Å². The highest BCUT2D eigenvalue weighted by Gasteiger charge is 2.55. The molecule has 3 aromatic carbocycles. The highest BCUT2D eigenvalue weighted by Crippen LogP contribution is 2.41. The number of aromatic amines is 1. The maximum Gasteiger partial charge on any atom is 0.328 e. The van der Waals surface area contributed by atoms with E-state index >= 15 is 0 Å². The molecule has 4 aromatic rings. The van der Waals surface area contributed by atoms with Gasteiger partial charge in [-0.2, -0.15) is 0 Å². The van der Waals surface area contributed by atoms with Gasteiger partial charge in [0.05, 0.1) is 6.26 Å². The fourth-order valence-corrected chi connectivity index (χ4v) is 5.66. The van der Waals surface area contributed by atoms with Crippen molar-refractivity contribution in [3.8, 4) is 0 Å². The van der Waals surface area contributed by atoms with Crippen molar-refractivity contribution in [2.24, 2.45) is 0 Å². The van der Waals surface area contributed by atoms with Crippen molar-refractivity contribution >= 4 is 32.7 Å². The van der Waals surface area contributed by atoms with Crippen LogP contribution in [0.15, 0.2) is 79.1 Å². The molecule has 0 aliphatic carbocycles. The van der Waals surface area contributed by atoms with Crippen LogP contribution in [0.25, 0.3) is 10.8 Å². The predicted molar refractivity (Wildman–Crippen MR) is 149 cm³/mol. The maximum atomic E-state index is 14.2. The zero-order valence-electron chi connectivity index (χ0n) is 21.9. The first-order chi connectivity index (χ1) is 18.7. The van der Waals surface area contributed by atoms with Gasteiger partial charge in [-0.25, -0.2) is 22.9 Å². The van der Waals surface area contributed by atoms with Gasteiger partial charge in [0.2, 0.25) is 10.0 Å². The molecular formula is C29H31N5O4S. The van der Waals surface area contributed by atoms with E-state index in [1.807, 2.05) is 66.7 Å². The maximum absolute atomic E-state index is 14.2. The monoisotopic (exact) mass is 545 g/mol. The zero-order chi connectivity index (χ0) is 27.6. The molecular weight excluding hydrogens is 514 g/mol. The molecule has 10 heteroatoms. The lowest BCUT2D eigenvalue weighted by Crippen LogP contribution is -2.44. The minimum Gasteiger partial charge on any atom is -0.349 e. The van der Waals surface area contributed by atoms with Crippen molar-refractivity contribution in [1.29, 1.82) is 0 Å². The molecule has 0 radical (unpaired) electrons. The second-order valence-electron chi connectivity index (χ2n) is 9.93. The van der Waals surface area contributed by atoms with Crippen LogP contribution in [0.2, 0.25) is 0 Å². The SMILES string of the molecule is CC1(c2cccc3ccccc23)C(=O)N(CCCc2ncc[nH]2)C(=O)N1Cc1ccccc1CNS(C)(=O)=O. The number of carbonyl (C=O) groups is 2. The molecule has 2 N–H and O–H groups in total. The normalized spacial score (nSPS) is 17.9. The molecule has 1 saturated heterocycles. The first-order valence-corrected chi connectivity index (χ1v) is 14.7. The molecule has 1 aromatic heterocycles. The van der Waals surface area contributed by atoms with E-state index in [9.17, 15) is 18.0 Å². The molecule has 0 spiro atoms. The summed E-state index contributed by atoms with van der Waals surface area (Å²) in [5.41, 5.74) is 0.984. The Balaban J connectivity index is 1.53. The average Bonchev–Trinajstić information content (AvgIpc) is 3.50. The lowest BCUT2D eigenvalue weighted by atomic mass is 9.86. The van der Waals surface area contributed by atoms with Gasteiger partial charge in [-0.15, -0.1) is 0 Å². The second-order valence-corrected chi connectivity index (χ2v) is 11.8. The predicted octanol–water partition coefficient (Wildman–Crippen LogP) is 3.92. The Morgan fingerprint density at radius 3 is 2.44 bits per heavy atom. The summed E-state index contributed by atoms with van der Waals surface area (Å²) in [6, 6.07) is 20.6. The number of aryl methyl sites for hydroxylation is 1. The van der Waals surface area contributed by atoms with Crippen molar-refractivity contribution in [2.45, 2.75) is 38.4 Å². The number of urea groups is 1. The number of fused-ring (bicyclic) bond motifs is 1. The van der Waals surface area contributed by atoms with E-state index in [-0.39, 0.29) is 31.6 Å². The number of imidazole rings is 1. The third-order valence-corrected chi connectivity index (χ3v) is 7.97. The molecule has 1 aliphatic rings. The van der Waals surface area contributed by atoms with Gasteiger partial charge in [0, 0.05) is 38.4 Å². The number of carbonyl (C=O) groups excluding carboxylic acids is 2. The van der Waals surface area contributed by atoms with Crippen molar-refractivity contribution in [2.75, 3.05) is 12.8 Å². The largest absolute Gasteiger partial charge is 0.349 e. The van der Waals surface area contributed by atoms with Crippen LogP contribution in [0.4, 0.5) is 4.79 Å². The molecule has 5 rings (SSSR count). The summed E-state index contributed by atoms with van der Waals surface area (Å²) in [7, 11) is -3.41. The minimum atomic E-state index is -3.41. The van der Waals surface area contributed by atoms with E-state index in [1.54, 1.807) is 24.2 Å². The topological polar surface area (TPSA) is 115 Å². The summed E-state index contributed by atoms with van der Waals surface area (Å²) in [5, 5.41) is 1.88. The van der Waals surface area contributed by atoms with Crippen LogP contribution >= 0.6 is 0 Å². The smallest absolute Gasteiger partial charge is 0.328 e. The van der Waals surface area contributed by atoms with Crippen LogP contribution in [0, 0.1) is 0 Å². The third kappa shape index (κ3) is 5.30. The number of H-pyrrole nitrogens is 1. The number of benzene rings is 3. The molecule has 3 amide bonds. The molecule has 202 valence electrons. The molecule has 1 atom stereocenters. The van der Waals surface area contributed by atoms with Crippen LogP contribution in [-0.2, 0) is 39.9 Å². The highest BCUT2D eigenvalue weighted by molar-refractivity contribution is 7.88. The first-order valence-electron chi connectivity index (χ1n) is 12.8. The van der Waals surface area contributed by atoms with Crippen LogP contribution in [-0.4, -0.2) is 52.9 Å². The van der Waals surface area contributed by atoms with Crippen molar-refractivity contribution in [1.82, 2.24) is 24.5 Å². The summed E-state index contributed by atoms with van der Waals surface area (Å²) < 4.78 is 26.1. The van der Waals surface area contributed by atoms with E-state index in [1.165, 1.54) is 4.90 Å². The van der Waals surface area contributed by atoms with Gasteiger partial charge in [0.15, 0.2) is 0 Å². The Hall–Kier alpha value is -4.02. The lowest BCUT2D eigenvalue weighted by Gasteiger charge is -2.33. The molecule has 1 fully saturated rings. The van der Waals surface area contributed by atoms with Crippen molar-refractivity contribution < 1.29 is 18.0 Å². The van der Waals surface area contributed by atoms with Crippen LogP contribution < -0.4 is 4.72 Å². The summed E-state index contributed by atoms with van der Waals surface area (Å²) >= 11 is 0. The van der Waals surface area contributed by atoms with Gasteiger partial charge >= 0.3 is 6.03 Å². The summed E-state index contributed by atoms with van der Waals surface area (Å²) in [6.45, 7) is 2.29. The number of sulfonamides is 1. The number of aromatic nitrogens is 2. The molecule has 1 unspecified atom stereocenters. The van der Waals surface area contributed by atoms with Crippen LogP contribution in [0.3, 0.4) is 0 Å². The molecule has 0 bridgehead atoms. The number of hydrogen-bond donors (Lipinski definition) is 2. The highest BCUT2D eigenvalue weighted by atomic mass is 32.2. The Kier molecular flexibility index (Phi) is 7.24. The number of nitrogens with zero attached hydrogens (tertiary/aromatic N) is 3. The summed E-state index contributed by atoms with van der Waals surface area (Å²) in [4.78, 5) is 38.4.